The number of aliphatic hydroxyl groups excluding tert-OH is 1. The molecule has 0 aliphatic heterocycles. The molecule has 1 aliphatic rings. The van der Waals surface area contributed by atoms with Crippen molar-refractivity contribution in [3.63, 3.8) is 0 Å². The molecule has 0 spiro atoms. The molecule has 1 aliphatic carbocycles. The van der Waals surface area contributed by atoms with E-state index in [1.165, 1.54) is 5.56 Å². The normalized spacial score (nSPS) is 18.4. The molecule has 0 atom stereocenters. The Morgan fingerprint density at radius 1 is 1.36 bits per heavy atom. The molecule has 72 valence electrons. The third-order valence-electron chi connectivity index (χ3n) is 2.62. The summed E-state index contributed by atoms with van der Waals surface area (Å²) in [7, 11) is 0. The molecule has 0 saturated heterocycles. The second kappa shape index (κ2) is 3.29. The van der Waals surface area contributed by atoms with E-state index < -0.39 is 0 Å². The zero-order valence-electron chi connectivity index (χ0n) is 8.08. The van der Waals surface area contributed by atoms with Gasteiger partial charge >= 0.3 is 0 Å². The van der Waals surface area contributed by atoms with Gasteiger partial charge in [-0.25, -0.2) is 0 Å². The molecule has 14 heavy (non-hydrogen) atoms. The van der Waals surface area contributed by atoms with Gasteiger partial charge < -0.3 is 5.11 Å². The van der Waals surface area contributed by atoms with Crippen molar-refractivity contribution in [3.8, 4) is 0 Å². The van der Waals surface area contributed by atoms with Crippen LogP contribution in [0.25, 0.3) is 0 Å². The number of hydrogen-bond donors (Lipinski definition) is 1. The van der Waals surface area contributed by atoms with Gasteiger partial charge in [0.05, 0.1) is 6.26 Å². The highest BCUT2D eigenvalue weighted by Crippen LogP contribution is 2.25. The van der Waals surface area contributed by atoms with Crippen LogP contribution in [0.3, 0.4) is 0 Å². The van der Waals surface area contributed by atoms with E-state index in [1.807, 2.05) is 25.1 Å². The summed E-state index contributed by atoms with van der Waals surface area (Å²) < 4.78 is 0. The second-order valence-corrected chi connectivity index (χ2v) is 3.64. The van der Waals surface area contributed by atoms with Crippen LogP contribution in [0.4, 0.5) is 0 Å². The lowest BCUT2D eigenvalue weighted by Crippen LogP contribution is -2.14. The lowest BCUT2D eigenvalue weighted by atomic mass is 9.87. The first-order chi connectivity index (χ1) is 6.72. The van der Waals surface area contributed by atoms with Gasteiger partial charge in [0, 0.05) is 11.1 Å². The molecule has 0 fully saturated rings. The van der Waals surface area contributed by atoms with Gasteiger partial charge in [-0.3, -0.25) is 4.79 Å². The minimum Gasteiger partial charge on any atom is -0.515 e. The van der Waals surface area contributed by atoms with Gasteiger partial charge in [-0.2, -0.15) is 0 Å². The van der Waals surface area contributed by atoms with Crippen molar-refractivity contribution in [1.29, 1.82) is 0 Å². The summed E-state index contributed by atoms with van der Waals surface area (Å²) in [5.74, 6) is -0.0336. The van der Waals surface area contributed by atoms with Crippen LogP contribution in [-0.2, 0) is 6.42 Å². The first kappa shape index (κ1) is 9.00. The largest absolute Gasteiger partial charge is 0.515 e. The number of aliphatic hydroxyl groups is 1. The molecule has 1 N–H and O–H groups in total. The van der Waals surface area contributed by atoms with Crippen LogP contribution in [0.5, 0.6) is 0 Å². The number of allylic oxidation sites excluding steroid dienone is 1. The SMILES string of the molecule is Cc1ccc2c(c1)CCC(=CO)C2=O. The quantitative estimate of drug-likeness (QED) is 0.502. The molecule has 0 bridgehead atoms. The maximum Gasteiger partial charge on any atom is 0.192 e. The van der Waals surface area contributed by atoms with Crippen molar-refractivity contribution in [2.24, 2.45) is 0 Å². The molecule has 0 radical (unpaired) electrons. The fourth-order valence-corrected chi connectivity index (χ4v) is 1.83. The number of carbonyl (C=O) groups is 1. The Labute approximate surface area is 82.9 Å². The van der Waals surface area contributed by atoms with Crippen LogP contribution < -0.4 is 0 Å². The van der Waals surface area contributed by atoms with Crippen LogP contribution in [0.1, 0.15) is 27.9 Å². The molecule has 2 nitrogen and oxygen atoms in total. The Balaban J connectivity index is 2.52. The maximum atomic E-state index is 11.7. The first-order valence-corrected chi connectivity index (χ1v) is 4.70. The summed E-state index contributed by atoms with van der Waals surface area (Å²) in [5.41, 5.74) is 3.53. The maximum absolute atomic E-state index is 11.7. The fourth-order valence-electron chi connectivity index (χ4n) is 1.83. The number of hydrogen-bond acceptors (Lipinski definition) is 2. The summed E-state index contributed by atoms with van der Waals surface area (Å²) >= 11 is 0. The molecule has 1 aromatic rings. The van der Waals surface area contributed by atoms with Gasteiger partial charge in [-0.1, -0.05) is 23.8 Å². The lowest BCUT2D eigenvalue weighted by molar-refractivity contribution is 0.102. The summed E-state index contributed by atoms with van der Waals surface area (Å²) in [6.45, 7) is 2.02. The Hall–Kier alpha value is -1.57. The third-order valence-corrected chi connectivity index (χ3v) is 2.62. The van der Waals surface area contributed by atoms with E-state index in [0.29, 0.717) is 12.0 Å². The van der Waals surface area contributed by atoms with E-state index in [-0.39, 0.29) is 5.78 Å². The highest BCUT2D eigenvalue weighted by atomic mass is 16.2. The third kappa shape index (κ3) is 1.33. The Bertz CT molecular complexity index is 416. The number of Topliss-reactive ketones (excluding diaryl/α,β-unsaturated/α-hetero) is 1. The summed E-state index contributed by atoms with van der Waals surface area (Å²) in [4.78, 5) is 11.7. The van der Waals surface area contributed by atoms with Gasteiger partial charge in [0.1, 0.15) is 0 Å². The van der Waals surface area contributed by atoms with E-state index in [2.05, 4.69) is 0 Å². The highest BCUT2D eigenvalue weighted by molar-refractivity contribution is 6.10. The average molecular weight is 188 g/mol. The standard InChI is InChI=1S/C12H12O2/c1-8-2-5-11-9(6-8)3-4-10(7-13)12(11)14/h2,5-7,13H,3-4H2,1H3. The molecule has 0 saturated carbocycles. The van der Waals surface area contributed by atoms with Gasteiger partial charge in [-0.05, 0) is 25.3 Å². The number of ketones is 1. The number of rotatable bonds is 0. The van der Waals surface area contributed by atoms with Crippen LogP contribution >= 0.6 is 0 Å². The van der Waals surface area contributed by atoms with Crippen LogP contribution in [0.15, 0.2) is 30.0 Å². The van der Waals surface area contributed by atoms with Gasteiger partial charge in [-0.15, -0.1) is 0 Å². The Morgan fingerprint density at radius 2 is 2.14 bits per heavy atom. The molecule has 0 heterocycles. The molecule has 0 unspecified atom stereocenters. The van der Waals surface area contributed by atoms with Crippen molar-refractivity contribution in [3.05, 3.63) is 46.7 Å². The molecule has 1 aromatic carbocycles. The van der Waals surface area contributed by atoms with Crippen molar-refractivity contribution >= 4 is 5.78 Å². The number of benzene rings is 1. The van der Waals surface area contributed by atoms with Gasteiger partial charge in [0.2, 0.25) is 0 Å². The predicted octanol–water partition coefficient (Wildman–Crippen LogP) is 2.57. The summed E-state index contributed by atoms with van der Waals surface area (Å²) in [6.07, 6.45) is 2.42. The van der Waals surface area contributed by atoms with Gasteiger partial charge in [0.25, 0.3) is 0 Å². The molecular formula is C12H12O2. The minimum atomic E-state index is -0.0336. The molecule has 0 amide bonds. The fraction of sp³-hybridized carbons (Fsp3) is 0.250. The number of carbonyl (C=O) groups excluding carboxylic acids is 1. The molecule has 2 rings (SSSR count). The zero-order chi connectivity index (χ0) is 10.1. The molecule has 0 aromatic heterocycles. The van der Waals surface area contributed by atoms with Crippen molar-refractivity contribution in [1.82, 2.24) is 0 Å². The number of aryl methyl sites for hydroxylation is 2. The van der Waals surface area contributed by atoms with E-state index >= 15 is 0 Å². The summed E-state index contributed by atoms with van der Waals surface area (Å²) in [6, 6.07) is 5.81. The Kier molecular flexibility index (Phi) is 2.12. The molecular weight excluding hydrogens is 176 g/mol. The number of fused-ring (bicyclic) bond motifs is 1. The van der Waals surface area contributed by atoms with Crippen LogP contribution in [0.2, 0.25) is 0 Å². The lowest BCUT2D eigenvalue weighted by Gasteiger charge is -2.16. The zero-order valence-corrected chi connectivity index (χ0v) is 8.08. The predicted molar refractivity (Wildman–Crippen MR) is 54.5 cm³/mol. The van der Waals surface area contributed by atoms with E-state index in [4.69, 9.17) is 5.11 Å². The van der Waals surface area contributed by atoms with Crippen molar-refractivity contribution in [2.45, 2.75) is 19.8 Å². The van der Waals surface area contributed by atoms with Gasteiger partial charge in [0.15, 0.2) is 5.78 Å². The van der Waals surface area contributed by atoms with E-state index in [1.54, 1.807) is 0 Å². The van der Waals surface area contributed by atoms with Crippen LogP contribution in [-0.4, -0.2) is 10.9 Å². The smallest absolute Gasteiger partial charge is 0.192 e. The summed E-state index contributed by atoms with van der Waals surface area (Å²) in [5, 5.41) is 8.86. The monoisotopic (exact) mass is 188 g/mol. The second-order valence-electron chi connectivity index (χ2n) is 3.64. The minimum absolute atomic E-state index is 0.0336. The highest BCUT2D eigenvalue weighted by Gasteiger charge is 2.21. The van der Waals surface area contributed by atoms with E-state index in [9.17, 15) is 4.79 Å². The Morgan fingerprint density at radius 3 is 2.86 bits per heavy atom. The van der Waals surface area contributed by atoms with Crippen molar-refractivity contribution in [2.75, 3.05) is 0 Å². The molecule has 2 heteroatoms. The van der Waals surface area contributed by atoms with Crippen LogP contribution in [0, 0.1) is 6.92 Å². The first-order valence-electron chi connectivity index (χ1n) is 4.70. The topological polar surface area (TPSA) is 37.3 Å². The average Bonchev–Trinajstić information content (AvgIpc) is 2.18. The van der Waals surface area contributed by atoms with E-state index in [0.717, 1.165) is 23.8 Å². The van der Waals surface area contributed by atoms with Crippen molar-refractivity contribution < 1.29 is 9.90 Å².